The standard InChI is InChI=1S/C27H34N2O6/c1-17(25(31)32)15-29(4)24(30)23(14-27(2,3)34-5)28-26(33)35-16-22-20-12-8-6-10-18(20)19-11-7-9-13-21(19)22/h6-13,17,22-23H,14-16H2,1-5H3,(H,28,33)(H,31,32). The molecular formula is C27H34N2O6. The van der Waals surface area contributed by atoms with Crippen molar-refractivity contribution in [3.05, 3.63) is 59.7 Å². The summed E-state index contributed by atoms with van der Waals surface area (Å²) >= 11 is 0. The van der Waals surface area contributed by atoms with Crippen LogP contribution in [0.15, 0.2) is 48.5 Å². The lowest BCUT2D eigenvalue weighted by atomic mass is 9.97. The molecule has 35 heavy (non-hydrogen) atoms. The van der Waals surface area contributed by atoms with Gasteiger partial charge in [0.25, 0.3) is 0 Å². The largest absolute Gasteiger partial charge is 0.481 e. The number of aliphatic carboxylic acids is 1. The monoisotopic (exact) mass is 482 g/mol. The van der Waals surface area contributed by atoms with Crippen molar-refractivity contribution < 1.29 is 29.0 Å². The van der Waals surface area contributed by atoms with Gasteiger partial charge in [-0.2, -0.15) is 0 Å². The molecule has 0 aromatic heterocycles. The molecule has 8 nitrogen and oxygen atoms in total. The van der Waals surface area contributed by atoms with E-state index in [9.17, 15) is 19.5 Å². The first-order valence-corrected chi connectivity index (χ1v) is 11.7. The van der Waals surface area contributed by atoms with E-state index in [0.717, 1.165) is 22.3 Å². The molecule has 8 heteroatoms. The minimum Gasteiger partial charge on any atom is -0.481 e. The van der Waals surface area contributed by atoms with Crippen LogP contribution < -0.4 is 5.32 Å². The molecule has 2 aromatic carbocycles. The zero-order valence-corrected chi connectivity index (χ0v) is 20.9. The van der Waals surface area contributed by atoms with Gasteiger partial charge in [-0.3, -0.25) is 9.59 Å². The second-order valence-corrected chi connectivity index (χ2v) is 9.65. The molecule has 2 unspecified atom stereocenters. The molecule has 2 atom stereocenters. The third kappa shape index (κ3) is 6.19. The van der Waals surface area contributed by atoms with Crippen LogP contribution in [0.4, 0.5) is 4.79 Å². The summed E-state index contributed by atoms with van der Waals surface area (Å²) in [6, 6.07) is 15.2. The van der Waals surface area contributed by atoms with Crippen LogP contribution >= 0.6 is 0 Å². The van der Waals surface area contributed by atoms with E-state index in [1.165, 1.54) is 26.0 Å². The Morgan fingerprint density at radius 2 is 1.60 bits per heavy atom. The van der Waals surface area contributed by atoms with Gasteiger partial charge in [0.2, 0.25) is 5.91 Å². The Balaban J connectivity index is 1.71. The number of fused-ring (bicyclic) bond motifs is 3. The van der Waals surface area contributed by atoms with E-state index in [4.69, 9.17) is 9.47 Å². The smallest absolute Gasteiger partial charge is 0.407 e. The average molecular weight is 483 g/mol. The van der Waals surface area contributed by atoms with Gasteiger partial charge in [-0.25, -0.2) is 4.79 Å². The van der Waals surface area contributed by atoms with Gasteiger partial charge in [0.1, 0.15) is 12.6 Å². The first kappa shape index (κ1) is 26.2. The zero-order chi connectivity index (χ0) is 25.8. The molecule has 0 spiro atoms. The van der Waals surface area contributed by atoms with E-state index in [1.54, 1.807) is 0 Å². The lowest BCUT2D eigenvalue weighted by Crippen LogP contribution is -2.51. The number of carboxylic acids is 1. The molecule has 0 bridgehead atoms. The van der Waals surface area contributed by atoms with Crippen molar-refractivity contribution in [1.29, 1.82) is 0 Å². The van der Waals surface area contributed by atoms with Crippen molar-refractivity contribution in [1.82, 2.24) is 10.2 Å². The highest BCUT2D eigenvalue weighted by atomic mass is 16.5. The lowest BCUT2D eigenvalue weighted by Gasteiger charge is -2.31. The first-order valence-electron chi connectivity index (χ1n) is 11.7. The number of nitrogens with zero attached hydrogens (tertiary/aromatic N) is 1. The number of alkyl carbamates (subject to hydrolysis) is 1. The van der Waals surface area contributed by atoms with Crippen molar-refractivity contribution in [2.45, 2.75) is 44.8 Å². The number of hydrogen-bond acceptors (Lipinski definition) is 5. The van der Waals surface area contributed by atoms with Gasteiger partial charge in [-0.05, 0) is 36.1 Å². The molecule has 0 saturated heterocycles. The fourth-order valence-electron chi connectivity index (χ4n) is 4.40. The Morgan fingerprint density at radius 1 is 1.06 bits per heavy atom. The maximum Gasteiger partial charge on any atom is 0.407 e. The number of likely N-dealkylation sites (N-methyl/N-ethyl adjacent to an activating group) is 1. The quantitative estimate of drug-likeness (QED) is 0.532. The third-order valence-electron chi connectivity index (χ3n) is 6.53. The fraction of sp³-hybridized carbons (Fsp3) is 0.444. The molecule has 188 valence electrons. The van der Waals surface area contributed by atoms with Gasteiger partial charge >= 0.3 is 12.1 Å². The predicted octanol–water partition coefficient (Wildman–Crippen LogP) is 3.89. The SMILES string of the molecule is COC(C)(C)CC(NC(=O)OCC1c2ccccc2-c2ccccc21)C(=O)N(C)CC(C)C(=O)O. The van der Waals surface area contributed by atoms with Gasteiger partial charge in [0.15, 0.2) is 0 Å². The van der Waals surface area contributed by atoms with Crippen molar-refractivity contribution >= 4 is 18.0 Å². The van der Waals surface area contributed by atoms with E-state index in [0.29, 0.717) is 0 Å². The number of nitrogens with one attached hydrogen (secondary N) is 1. The number of carboxylic acid groups (broad SMARTS) is 1. The number of methoxy groups -OCH3 is 1. The predicted molar refractivity (Wildman–Crippen MR) is 132 cm³/mol. The summed E-state index contributed by atoms with van der Waals surface area (Å²) in [5, 5.41) is 11.9. The van der Waals surface area contributed by atoms with Crippen LogP contribution in [0.2, 0.25) is 0 Å². The number of carbonyl (C=O) groups is 3. The maximum absolute atomic E-state index is 13.1. The minimum absolute atomic E-state index is 0.0183. The van der Waals surface area contributed by atoms with Gasteiger partial charge < -0.3 is 24.8 Å². The van der Waals surface area contributed by atoms with Crippen molar-refractivity contribution in [3.8, 4) is 11.1 Å². The highest BCUT2D eigenvalue weighted by Crippen LogP contribution is 2.44. The third-order valence-corrected chi connectivity index (χ3v) is 6.53. The summed E-state index contributed by atoms with van der Waals surface area (Å²) in [4.78, 5) is 38.5. The van der Waals surface area contributed by atoms with Gasteiger partial charge in [0, 0.05) is 33.0 Å². The Bertz CT molecular complexity index is 1040. The fourth-order valence-corrected chi connectivity index (χ4v) is 4.40. The Morgan fingerprint density at radius 3 is 2.11 bits per heavy atom. The van der Waals surface area contributed by atoms with Crippen LogP contribution in [-0.2, 0) is 19.1 Å². The van der Waals surface area contributed by atoms with Crippen LogP contribution in [0, 0.1) is 5.92 Å². The summed E-state index contributed by atoms with van der Waals surface area (Å²) in [7, 11) is 3.05. The van der Waals surface area contributed by atoms with Crippen molar-refractivity contribution in [2.24, 2.45) is 5.92 Å². The molecule has 0 fully saturated rings. The van der Waals surface area contributed by atoms with E-state index >= 15 is 0 Å². The van der Waals surface area contributed by atoms with E-state index < -0.39 is 35.5 Å². The van der Waals surface area contributed by atoms with Crippen LogP contribution in [0.5, 0.6) is 0 Å². The summed E-state index contributed by atoms with van der Waals surface area (Å²) in [5.74, 6) is -2.24. The molecule has 0 saturated carbocycles. The topological polar surface area (TPSA) is 105 Å². The molecule has 0 radical (unpaired) electrons. The van der Waals surface area contributed by atoms with E-state index in [1.807, 2.05) is 50.2 Å². The summed E-state index contributed by atoms with van der Waals surface area (Å²) in [6.45, 7) is 5.29. The average Bonchev–Trinajstić information content (AvgIpc) is 3.15. The molecular weight excluding hydrogens is 448 g/mol. The molecule has 1 aliphatic carbocycles. The molecule has 1 aliphatic rings. The Hall–Kier alpha value is -3.39. The van der Waals surface area contributed by atoms with Gasteiger partial charge in [-0.15, -0.1) is 0 Å². The second kappa shape index (κ2) is 10.9. The van der Waals surface area contributed by atoms with Gasteiger partial charge in [0.05, 0.1) is 11.5 Å². The van der Waals surface area contributed by atoms with Crippen LogP contribution in [0.25, 0.3) is 11.1 Å². The first-order chi connectivity index (χ1) is 16.5. The highest BCUT2D eigenvalue weighted by Gasteiger charge is 2.33. The summed E-state index contributed by atoms with van der Waals surface area (Å²) < 4.78 is 11.1. The number of carbonyl (C=O) groups excluding carboxylic acids is 2. The summed E-state index contributed by atoms with van der Waals surface area (Å²) in [6.07, 6.45) is -0.519. The second-order valence-electron chi connectivity index (χ2n) is 9.65. The number of amides is 2. The Kier molecular flexibility index (Phi) is 8.17. The number of rotatable bonds is 10. The molecule has 3 rings (SSSR count). The highest BCUT2D eigenvalue weighted by molar-refractivity contribution is 5.86. The molecule has 2 amide bonds. The molecule has 2 N–H and O–H groups in total. The van der Waals surface area contributed by atoms with E-state index in [-0.39, 0.29) is 25.5 Å². The van der Waals surface area contributed by atoms with Crippen LogP contribution in [0.1, 0.15) is 44.2 Å². The normalized spacial score (nSPS) is 14.4. The van der Waals surface area contributed by atoms with Crippen LogP contribution in [0.3, 0.4) is 0 Å². The van der Waals surface area contributed by atoms with Gasteiger partial charge in [-0.1, -0.05) is 55.5 Å². The minimum atomic E-state index is -0.997. The van der Waals surface area contributed by atoms with Crippen molar-refractivity contribution in [2.75, 3.05) is 27.3 Å². The van der Waals surface area contributed by atoms with Crippen LogP contribution in [-0.4, -0.2) is 66.9 Å². The maximum atomic E-state index is 13.1. The number of hydrogen-bond donors (Lipinski definition) is 2. The Labute approximate surface area is 206 Å². The molecule has 2 aromatic rings. The summed E-state index contributed by atoms with van der Waals surface area (Å²) in [5.41, 5.74) is 3.74. The van der Waals surface area contributed by atoms with E-state index in [2.05, 4.69) is 17.4 Å². The number of ether oxygens (including phenoxy) is 2. The molecule has 0 heterocycles. The lowest BCUT2D eigenvalue weighted by molar-refractivity contribution is -0.143. The number of benzene rings is 2. The zero-order valence-electron chi connectivity index (χ0n) is 20.9. The van der Waals surface area contributed by atoms with Crippen molar-refractivity contribution in [3.63, 3.8) is 0 Å². The molecule has 0 aliphatic heterocycles.